The van der Waals surface area contributed by atoms with Gasteiger partial charge >= 0.3 is 12.1 Å². The summed E-state index contributed by atoms with van der Waals surface area (Å²) < 4.78 is 5.09. The first-order valence-electron chi connectivity index (χ1n) is 10.9. The van der Waals surface area contributed by atoms with E-state index in [0.717, 1.165) is 24.8 Å². The zero-order valence-corrected chi connectivity index (χ0v) is 19.2. The molecule has 0 bridgehead atoms. The first-order valence-corrected chi connectivity index (χ1v) is 10.9. The summed E-state index contributed by atoms with van der Waals surface area (Å²) in [7, 11) is 0. The van der Waals surface area contributed by atoms with Crippen molar-refractivity contribution < 1.29 is 29.0 Å². The molecule has 1 aromatic carbocycles. The minimum Gasteiger partial charge on any atom is -0.479 e. The summed E-state index contributed by atoms with van der Waals surface area (Å²) in [6.07, 6.45) is 2.78. The quantitative estimate of drug-likeness (QED) is 0.526. The Kier molecular flexibility index (Phi) is 8.63. The largest absolute Gasteiger partial charge is 0.479 e. The Hall–Kier alpha value is -3.10. The standard InChI is InChI=1S/C23H33N3O6/c1-5-6-7-8-19(28)26-12-11-15-9-10-16(13-17(15)20(26)21(29)30)25-18(27)14-24-22(31)32-23(2,3)4/h9-10,13,20H,5-8,11-12,14H2,1-4H3,(H,24,31)(H,25,27)(H,29,30). The van der Waals surface area contributed by atoms with E-state index in [1.165, 1.54) is 4.90 Å². The summed E-state index contributed by atoms with van der Waals surface area (Å²) in [4.78, 5) is 50.0. The van der Waals surface area contributed by atoms with Crippen LogP contribution in [0.15, 0.2) is 18.2 Å². The Labute approximate surface area is 188 Å². The van der Waals surface area contributed by atoms with Crippen molar-refractivity contribution in [2.24, 2.45) is 0 Å². The van der Waals surface area contributed by atoms with Gasteiger partial charge in [0.1, 0.15) is 12.1 Å². The number of alkyl carbamates (subject to hydrolysis) is 1. The predicted octanol–water partition coefficient (Wildman–Crippen LogP) is 3.24. The summed E-state index contributed by atoms with van der Waals surface area (Å²) in [5.41, 5.74) is 1.04. The third kappa shape index (κ3) is 7.25. The maximum atomic E-state index is 12.6. The Balaban J connectivity index is 2.08. The first-order chi connectivity index (χ1) is 15.0. The number of nitrogens with zero attached hydrogens (tertiary/aromatic N) is 1. The average Bonchev–Trinajstić information content (AvgIpc) is 2.70. The second kappa shape index (κ2) is 11.0. The van der Waals surface area contributed by atoms with Crippen LogP contribution in [0.2, 0.25) is 0 Å². The molecule has 3 amide bonds. The lowest BCUT2D eigenvalue weighted by Gasteiger charge is -2.35. The number of nitrogens with one attached hydrogen (secondary N) is 2. The molecule has 0 aromatic heterocycles. The molecule has 0 aliphatic carbocycles. The minimum absolute atomic E-state index is 0.174. The van der Waals surface area contributed by atoms with E-state index in [0.29, 0.717) is 30.6 Å². The number of amides is 3. The summed E-state index contributed by atoms with van der Waals surface area (Å²) in [6, 6.07) is 3.94. The summed E-state index contributed by atoms with van der Waals surface area (Å²) in [5.74, 6) is -1.76. The summed E-state index contributed by atoms with van der Waals surface area (Å²) >= 11 is 0. The topological polar surface area (TPSA) is 125 Å². The van der Waals surface area contributed by atoms with Crippen molar-refractivity contribution in [2.75, 3.05) is 18.4 Å². The van der Waals surface area contributed by atoms with E-state index in [1.54, 1.807) is 39.0 Å². The van der Waals surface area contributed by atoms with Crippen molar-refractivity contribution in [3.63, 3.8) is 0 Å². The molecule has 9 nitrogen and oxygen atoms in total. The number of carbonyl (C=O) groups excluding carboxylic acids is 3. The van der Waals surface area contributed by atoms with Gasteiger partial charge < -0.3 is 25.4 Å². The van der Waals surface area contributed by atoms with Gasteiger partial charge in [-0.3, -0.25) is 9.59 Å². The van der Waals surface area contributed by atoms with Crippen molar-refractivity contribution >= 4 is 29.6 Å². The third-order valence-corrected chi connectivity index (χ3v) is 5.00. The summed E-state index contributed by atoms with van der Waals surface area (Å²) in [6.45, 7) is 7.25. The van der Waals surface area contributed by atoms with E-state index >= 15 is 0 Å². The molecule has 1 aromatic rings. The number of ether oxygens (including phenoxy) is 1. The van der Waals surface area contributed by atoms with Gasteiger partial charge in [-0.25, -0.2) is 9.59 Å². The molecule has 1 heterocycles. The Morgan fingerprint density at radius 3 is 2.53 bits per heavy atom. The van der Waals surface area contributed by atoms with Crippen LogP contribution in [0.25, 0.3) is 0 Å². The van der Waals surface area contributed by atoms with Crippen molar-refractivity contribution in [3.05, 3.63) is 29.3 Å². The maximum absolute atomic E-state index is 12.6. The Morgan fingerprint density at radius 1 is 1.19 bits per heavy atom. The van der Waals surface area contributed by atoms with Crippen LogP contribution in [-0.2, 0) is 25.5 Å². The highest BCUT2D eigenvalue weighted by Crippen LogP contribution is 2.33. The molecule has 1 aliphatic rings. The molecule has 32 heavy (non-hydrogen) atoms. The van der Waals surface area contributed by atoms with Gasteiger partial charge in [0.05, 0.1) is 0 Å². The van der Waals surface area contributed by atoms with Crippen molar-refractivity contribution in [1.82, 2.24) is 10.2 Å². The molecule has 1 atom stereocenters. The van der Waals surface area contributed by atoms with Crippen LogP contribution in [0.5, 0.6) is 0 Å². The lowest BCUT2D eigenvalue weighted by atomic mass is 9.91. The third-order valence-electron chi connectivity index (χ3n) is 5.00. The zero-order valence-electron chi connectivity index (χ0n) is 19.2. The molecule has 0 spiro atoms. The molecule has 9 heteroatoms. The number of carboxylic acids is 1. The molecular formula is C23H33N3O6. The van der Waals surface area contributed by atoms with E-state index in [2.05, 4.69) is 10.6 Å². The van der Waals surface area contributed by atoms with Crippen LogP contribution < -0.4 is 10.6 Å². The number of fused-ring (bicyclic) bond motifs is 1. The van der Waals surface area contributed by atoms with Gasteiger partial charge in [0.25, 0.3) is 0 Å². The van der Waals surface area contributed by atoms with Crippen molar-refractivity contribution in [1.29, 1.82) is 0 Å². The van der Waals surface area contributed by atoms with E-state index in [9.17, 15) is 24.3 Å². The molecule has 3 N–H and O–H groups in total. The van der Waals surface area contributed by atoms with Gasteiger partial charge in [0, 0.05) is 18.7 Å². The van der Waals surface area contributed by atoms with Gasteiger partial charge in [0.2, 0.25) is 11.8 Å². The van der Waals surface area contributed by atoms with Crippen LogP contribution in [-0.4, -0.2) is 52.6 Å². The SMILES string of the molecule is CCCCCC(=O)N1CCc2ccc(NC(=O)CNC(=O)OC(C)(C)C)cc2C1C(=O)O. The molecule has 0 radical (unpaired) electrons. The molecule has 2 rings (SSSR count). The summed E-state index contributed by atoms with van der Waals surface area (Å²) in [5, 5.41) is 14.9. The molecule has 1 unspecified atom stereocenters. The van der Waals surface area contributed by atoms with Gasteiger partial charge in [-0.05, 0) is 56.9 Å². The van der Waals surface area contributed by atoms with Crippen molar-refractivity contribution in [2.45, 2.75) is 71.4 Å². The van der Waals surface area contributed by atoms with E-state index in [-0.39, 0.29) is 12.5 Å². The predicted molar refractivity (Wildman–Crippen MR) is 119 cm³/mol. The number of hydrogen-bond donors (Lipinski definition) is 3. The van der Waals surface area contributed by atoms with Crippen LogP contribution in [0.1, 0.15) is 70.5 Å². The highest BCUT2D eigenvalue weighted by Gasteiger charge is 2.35. The fraction of sp³-hybridized carbons (Fsp3) is 0.565. The van der Waals surface area contributed by atoms with Crippen LogP contribution in [0, 0.1) is 0 Å². The van der Waals surface area contributed by atoms with E-state index in [1.807, 2.05) is 6.92 Å². The van der Waals surface area contributed by atoms with Gasteiger partial charge in [0.15, 0.2) is 6.04 Å². The molecular weight excluding hydrogens is 414 g/mol. The van der Waals surface area contributed by atoms with Gasteiger partial charge in [-0.2, -0.15) is 0 Å². The number of carbonyl (C=O) groups is 4. The molecule has 0 saturated carbocycles. The fourth-order valence-electron chi connectivity index (χ4n) is 3.57. The normalized spacial score (nSPS) is 15.5. The zero-order chi connectivity index (χ0) is 23.9. The number of unbranched alkanes of at least 4 members (excludes halogenated alkanes) is 2. The van der Waals surface area contributed by atoms with Crippen LogP contribution in [0.4, 0.5) is 10.5 Å². The number of anilines is 1. The second-order valence-corrected chi connectivity index (χ2v) is 8.85. The van der Waals surface area contributed by atoms with Crippen LogP contribution in [0.3, 0.4) is 0 Å². The van der Waals surface area contributed by atoms with Crippen LogP contribution >= 0.6 is 0 Å². The highest BCUT2D eigenvalue weighted by molar-refractivity contribution is 5.94. The number of rotatable bonds is 8. The Bertz CT molecular complexity index is 862. The fourth-order valence-corrected chi connectivity index (χ4v) is 3.57. The molecule has 1 aliphatic heterocycles. The smallest absolute Gasteiger partial charge is 0.408 e. The number of carboxylic acid groups (broad SMARTS) is 1. The van der Waals surface area contributed by atoms with Gasteiger partial charge in [-0.1, -0.05) is 25.8 Å². The lowest BCUT2D eigenvalue weighted by molar-refractivity contribution is -0.151. The monoisotopic (exact) mass is 447 g/mol. The molecule has 0 saturated heterocycles. The van der Waals surface area contributed by atoms with Crippen molar-refractivity contribution in [3.8, 4) is 0 Å². The lowest BCUT2D eigenvalue weighted by Crippen LogP contribution is -2.43. The minimum atomic E-state index is -1.11. The highest BCUT2D eigenvalue weighted by atomic mass is 16.6. The maximum Gasteiger partial charge on any atom is 0.408 e. The van der Waals surface area contributed by atoms with E-state index < -0.39 is 29.6 Å². The van der Waals surface area contributed by atoms with Gasteiger partial charge in [-0.15, -0.1) is 0 Å². The first kappa shape index (κ1) is 25.2. The number of aliphatic carboxylic acids is 1. The average molecular weight is 448 g/mol. The van der Waals surface area contributed by atoms with E-state index in [4.69, 9.17) is 4.74 Å². The molecule has 176 valence electrons. The second-order valence-electron chi connectivity index (χ2n) is 8.85. The Morgan fingerprint density at radius 2 is 1.91 bits per heavy atom. The number of hydrogen-bond acceptors (Lipinski definition) is 5. The molecule has 0 fully saturated rings. The number of benzene rings is 1.